The van der Waals surface area contributed by atoms with Gasteiger partial charge in [-0.25, -0.2) is 0 Å². The Morgan fingerprint density at radius 3 is 1.30 bits per heavy atom. The van der Waals surface area contributed by atoms with E-state index < -0.39 is 11.2 Å². The highest BCUT2D eigenvalue weighted by molar-refractivity contribution is 5.51. The topological polar surface area (TPSA) is 58.9 Å². The Bertz CT molecular complexity index is 1020. The summed E-state index contributed by atoms with van der Waals surface area (Å²) in [4.78, 5) is 0. The van der Waals surface area contributed by atoms with E-state index in [2.05, 4.69) is 11.8 Å². The van der Waals surface area contributed by atoms with Gasteiger partial charge in [0.25, 0.3) is 0 Å². The van der Waals surface area contributed by atoms with Crippen molar-refractivity contribution in [2.75, 3.05) is 14.2 Å². The molecule has 0 aliphatic carbocycles. The van der Waals surface area contributed by atoms with Gasteiger partial charge in [0.2, 0.25) is 0 Å². The van der Waals surface area contributed by atoms with Gasteiger partial charge in [0.15, 0.2) is 11.2 Å². The number of terminal acetylenes is 2. The lowest BCUT2D eigenvalue weighted by atomic mass is 9.81. The summed E-state index contributed by atoms with van der Waals surface area (Å²) >= 11 is 0. The van der Waals surface area contributed by atoms with Gasteiger partial charge in [-0.15, -0.1) is 12.8 Å². The van der Waals surface area contributed by atoms with Crippen LogP contribution in [0.3, 0.4) is 0 Å². The zero-order valence-corrected chi connectivity index (χ0v) is 16.8. The summed E-state index contributed by atoms with van der Waals surface area (Å²) in [6, 6.07) is 20.4. The van der Waals surface area contributed by atoms with Crippen molar-refractivity contribution in [2.45, 2.75) is 11.2 Å². The standard InChI is InChI=1S/C26H22O4/c1-5-25(27,19-10-14-23(29-3)15-11-19)21-8-7-9-22(18-21)26(28,6-2)20-12-16-24(30-4)17-13-20/h1-2,7-18,27-28H,3-4H3. The van der Waals surface area contributed by atoms with Crippen molar-refractivity contribution in [3.05, 3.63) is 95.1 Å². The second-order valence-corrected chi connectivity index (χ2v) is 6.75. The first kappa shape index (κ1) is 21.0. The van der Waals surface area contributed by atoms with Crippen LogP contribution < -0.4 is 9.47 Å². The van der Waals surface area contributed by atoms with Gasteiger partial charge in [0.1, 0.15) is 11.5 Å². The van der Waals surface area contributed by atoms with Gasteiger partial charge in [0.05, 0.1) is 14.2 Å². The maximum Gasteiger partial charge on any atom is 0.176 e. The summed E-state index contributed by atoms with van der Waals surface area (Å²) in [5.74, 6) is 6.22. The quantitative estimate of drug-likeness (QED) is 0.625. The van der Waals surface area contributed by atoms with Crippen LogP contribution in [-0.4, -0.2) is 24.4 Å². The molecule has 3 aromatic rings. The number of hydrogen-bond donors (Lipinski definition) is 2. The van der Waals surface area contributed by atoms with Gasteiger partial charge in [-0.1, -0.05) is 54.3 Å². The van der Waals surface area contributed by atoms with Crippen LogP contribution >= 0.6 is 0 Å². The lowest BCUT2D eigenvalue weighted by Gasteiger charge is -2.28. The van der Waals surface area contributed by atoms with E-state index in [1.54, 1.807) is 87.0 Å². The molecule has 4 nitrogen and oxygen atoms in total. The van der Waals surface area contributed by atoms with Gasteiger partial charge in [-0.2, -0.15) is 0 Å². The summed E-state index contributed by atoms with van der Waals surface area (Å²) in [5.41, 5.74) is -1.60. The van der Waals surface area contributed by atoms with Crippen molar-refractivity contribution in [2.24, 2.45) is 0 Å². The predicted octanol–water partition coefficient (Wildman–Crippen LogP) is 3.44. The van der Waals surface area contributed by atoms with Crippen LogP contribution in [0.5, 0.6) is 11.5 Å². The van der Waals surface area contributed by atoms with Gasteiger partial charge in [-0.3, -0.25) is 0 Å². The maximum atomic E-state index is 11.3. The molecule has 0 bridgehead atoms. The zero-order chi connectivity index (χ0) is 21.8. The third kappa shape index (κ3) is 3.63. The normalized spacial score (nSPS) is 14.5. The molecule has 30 heavy (non-hydrogen) atoms. The molecule has 0 heterocycles. The van der Waals surface area contributed by atoms with Gasteiger partial charge in [0, 0.05) is 22.3 Å². The van der Waals surface area contributed by atoms with Crippen molar-refractivity contribution < 1.29 is 19.7 Å². The molecule has 0 spiro atoms. The summed E-state index contributed by atoms with van der Waals surface area (Å²) in [5, 5.41) is 22.6. The first-order valence-corrected chi connectivity index (χ1v) is 9.21. The molecule has 2 N–H and O–H groups in total. The second kappa shape index (κ2) is 8.35. The Morgan fingerprint density at radius 1 is 0.633 bits per heavy atom. The highest BCUT2D eigenvalue weighted by atomic mass is 16.5. The fourth-order valence-electron chi connectivity index (χ4n) is 3.30. The van der Waals surface area contributed by atoms with E-state index in [0.717, 1.165) is 0 Å². The molecule has 3 rings (SSSR count). The Hall–Kier alpha value is -3.70. The summed E-state index contributed by atoms with van der Waals surface area (Å²) in [7, 11) is 3.12. The van der Waals surface area contributed by atoms with Crippen molar-refractivity contribution in [1.82, 2.24) is 0 Å². The van der Waals surface area contributed by atoms with E-state index >= 15 is 0 Å². The molecule has 2 unspecified atom stereocenters. The van der Waals surface area contributed by atoms with Crippen molar-refractivity contribution in [3.8, 4) is 36.2 Å². The lowest BCUT2D eigenvalue weighted by molar-refractivity contribution is 0.138. The molecule has 0 amide bonds. The van der Waals surface area contributed by atoms with Crippen LogP contribution in [0.25, 0.3) is 0 Å². The van der Waals surface area contributed by atoms with Crippen LogP contribution in [0.2, 0.25) is 0 Å². The number of ether oxygens (including phenoxy) is 2. The van der Waals surface area contributed by atoms with E-state index in [0.29, 0.717) is 33.8 Å². The largest absolute Gasteiger partial charge is 0.497 e. The molecule has 0 aromatic heterocycles. The Labute approximate surface area is 176 Å². The van der Waals surface area contributed by atoms with Crippen molar-refractivity contribution in [1.29, 1.82) is 0 Å². The van der Waals surface area contributed by atoms with Gasteiger partial charge < -0.3 is 19.7 Å². The van der Waals surface area contributed by atoms with E-state index in [1.807, 2.05) is 0 Å². The summed E-state index contributed by atoms with van der Waals surface area (Å²) in [6.07, 6.45) is 11.5. The third-order valence-electron chi connectivity index (χ3n) is 5.13. The highest BCUT2D eigenvalue weighted by Gasteiger charge is 2.34. The van der Waals surface area contributed by atoms with Gasteiger partial charge in [-0.05, 0) is 30.3 Å². The molecular formula is C26H22O4. The Kier molecular flexibility index (Phi) is 5.85. The number of benzene rings is 3. The number of hydrogen-bond acceptors (Lipinski definition) is 4. The first-order chi connectivity index (χ1) is 14.4. The second-order valence-electron chi connectivity index (χ2n) is 6.75. The minimum atomic E-state index is -1.71. The van der Waals surface area contributed by atoms with Crippen LogP contribution in [0.15, 0.2) is 72.8 Å². The average Bonchev–Trinajstić information content (AvgIpc) is 2.83. The van der Waals surface area contributed by atoms with E-state index in [-0.39, 0.29) is 0 Å². The maximum absolute atomic E-state index is 11.3. The fraction of sp³-hybridized carbons (Fsp3) is 0.154. The van der Waals surface area contributed by atoms with E-state index in [1.165, 1.54) is 0 Å². The average molecular weight is 398 g/mol. The molecule has 0 radical (unpaired) electrons. The lowest BCUT2D eigenvalue weighted by Crippen LogP contribution is -2.28. The Morgan fingerprint density at radius 2 is 1.00 bits per heavy atom. The van der Waals surface area contributed by atoms with Crippen molar-refractivity contribution in [3.63, 3.8) is 0 Å². The monoisotopic (exact) mass is 398 g/mol. The predicted molar refractivity (Wildman–Crippen MR) is 116 cm³/mol. The highest BCUT2D eigenvalue weighted by Crippen LogP contribution is 2.35. The van der Waals surface area contributed by atoms with Crippen LogP contribution in [0, 0.1) is 24.7 Å². The Balaban J connectivity index is 2.08. The zero-order valence-electron chi connectivity index (χ0n) is 16.8. The van der Waals surface area contributed by atoms with E-state index in [4.69, 9.17) is 22.3 Å². The number of methoxy groups -OCH3 is 2. The minimum Gasteiger partial charge on any atom is -0.497 e. The fourth-order valence-corrected chi connectivity index (χ4v) is 3.30. The number of aliphatic hydroxyl groups is 2. The molecule has 0 aliphatic heterocycles. The van der Waals surface area contributed by atoms with Crippen LogP contribution in [0.4, 0.5) is 0 Å². The molecule has 0 fully saturated rings. The molecule has 4 heteroatoms. The van der Waals surface area contributed by atoms with Crippen LogP contribution in [-0.2, 0) is 11.2 Å². The van der Waals surface area contributed by atoms with Crippen LogP contribution in [0.1, 0.15) is 22.3 Å². The first-order valence-electron chi connectivity index (χ1n) is 9.21. The van der Waals surface area contributed by atoms with E-state index in [9.17, 15) is 10.2 Å². The summed E-state index contributed by atoms with van der Waals surface area (Å²) < 4.78 is 10.3. The third-order valence-corrected chi connectivity index (χ3v) is 5.13. The molecule has 0 saturated heterocycles. The smallest absolute Gasteiger partial charge is 0.176 e. The molecule has 150 valence electrons. The molecule has 0 saturated carbocycles. The SMILES string of the molecule is C#CC(O)(c1ccc(OC)cc1)c1cccc(C(O)(C#C)c2ccc(OC)cc2)c1. The van der Waals surface area contributed by atoms with Gasteiger partial charge >= 0.3 is 0 Å². The van der Waals surface area contributed by atoms with Crippen molar-refractivity contribution >= 4 is 0 Å². The molecular weight excluding hydrogens is 376 g/mol. The molecule has 3 aromatic carbocycles. The summed E-state index contributed by atoms with van der Waals surface area (Å²) in [6.45, 7) is 0. The number of rotatable bonds is 6. The minimum absolute atomic E-state index is 0.412. The molecule has 0 aliphatic rings. The molecule has 2 atom stereocenters.